The Morgan fingerprint density at radius 1 is 1.57 bits per heavy atom. The molecule has 1 amide bonds. The Morgan fingerprint density at radius 3 is 3.05 bits per heavy atom. The Labute approximate surface area is 127 Å². The first kappa shape index (κ1) is 14.3. The normalized spacial score (nSPS) is 16.8. The van der Waals surface area contributed by atoms with E-state index in [9.17, 15) is 9.18 Å². The number of aromatic nitrogens is 1. The first-order valence-electron chi connectivity index (χ1n) is 7.18. The summed E-state index contributed by atoms with van der Waals surface area (Å²) in [7, 11) is 0. The van der Waals surface area contributed by atoms with Crippen molar-refractivity contribution in [2.75, 3.05) is 18.0 Å². The number of nitrogens with one attached hydrogen (secondary N) is 1. The Bertz CT molecular complexity index is 666. The standard InChI is InChI=1S/C15H18FN3OS/c1-3-9(2)17-14(20)10-7-19(8-10)15-18-12-5-4-11(16)6-13(12)21-15/h4-6,9-10H,3,7-8H2,1-2H3,(H,17,20). The van der Waals surface area contributed by atoms with Gasteiger partial charge in [0.15, 0.2) is 5.13 Å². The summed E-state index contributed by atoms with van der Waals surface area (Å²) in [5.74, 6) is -0.0948. The first-order chi connectivity index (χ1) is 10.1. The van der Waals surface area contributed by atoms with Crippen molar-refractivity contribution < 1.29 is 9.18 Å². The van der Waals surface area contributed by atoms with E-state index < -0.39 is 0 Å². The van der Waals surface area contributed by atoms with Gasteiger partial charge in [0.25, 0.3) is 0 Å². The Kier molecular flexibility index (Phi) is 3.80. The Hall–Kier alpha value is -1.69. The molecule has 0 radical (unpaired) electrons. The zero-order valence-corrected chi connectivity index (χ0v) is 12.9. The SMILES string of the molecule is CCC(C)NC(=O)C1CN(c2nc3ccc(F)cc3s2)C1. The number of halogens is 1. The van der Waals surface area contributed by atoms with Crippen LogP contribution in [0.5, 0.6) is 0 Å². The zero-order valence-electron chi connectivity index (χ0n) is 12.1. The molecule has 112 valence electrons. The molecule has 1 aromatic carbocycles. The van der Waals surface area contributed by atoms with E-state index in [1.165, 1.54) is 23.5 Å². The van der Waals surface area contributed by atoms with E-state index in [-0.39, 0.29) is 23.7 Å². The number of carbonyl (C=O) groups is 1. The van der Waals surface area contributed by atoms with Gasteiger partial charge in [-0.05, 0) is 31.5 Å². The van der Waals surface area contributed by atoms with E-state index in [0.29, 0.717) is 13.1 Å². The van der Waals surface area contributed by atoms with Gasteiger partial charge < -0.3 is 10.2 Å². The average molecular weight is 307 g/mol. The van der Waals surface area contributed by atoms with Crippen molar-refractivity contribution in [1.29, 1.82) is 0 Å². The molecule has 0 saturated carbocycles. The molecule has 1 saturated heterocycles. The van der Waals surface area contributed by atoms with Crippen molar-refractivity contribution in [1.82, 2.24) is 10.3 Å². The molecule has 1 N–H and O–H groups in total. The van der Waals surface area contributed by atoms with Gasteiger partial charge in [-0.25, -0.2) is 9.37 Å². The minimum Gasteiger partial charge on any atom is -0.353 e. The number of benzene rings is 1. The van der Waals surface area contributed by atoms with Crippen molar-refractivity contribution in [2.24, 2.45) is 5.92 Å². The summed E-state index contributed by atoms with van der Waals surface area (Å²) in [5.41, 5.74) is 0.809. The van der Waals surface area contributed by atoms with Crippen LogP contribution in [0.2, 0.25) is 0 Å². The third-order valence-corrected chi connectivity index (χ3v) is 4.94. The molecule has 1 unspecified atom stereocenters. The Morgan fingerprint density at radius 2 is 2.33 bits per heavy atom. The number of thiazole rings is 1. The molecule has 1 aromatic heterocycles. The van der Waals surface area contributed by atoms with Crippen LogP contribution < -0.4 is 10.2 Å². The van der Waals surface area contributed by atoms with Crippen molar-refractivity contribution in [3.63, 3.8) is 0 Å². The molecule has 3 rings (SSSR count). The van der Waals surface area contributed by atoms with E-state index in [2.05, 4.69) is 22.1 Å². The summed E-state index contributed by atoms with van der Waals surface area (Å²) in [5, 5.41) is 3.87. The molecule has 0 spiro atoms. The highest BCUT2D eigenvalue weighted by Gasteiger charge is 2.34. The van der Waals surface area contributed by atoms with Crippen molar-refractivity contribution in [3.8, 4) is 0 Å². The van der Waals surface area contributed by atoms with Gasteiger partial charge in [0.2, 0.25) is 5.91 Å². The third kappa shape index (κ3) is 2.85. The highest BCUT2D eigenvalue weighted by Crippen LogP contribution is 2.33. The van der Waals surface area contributed by atoms with E-state index in [0.717, 1.165) is 21.8 Å². The monoisotopic (exact) mass is 307 g/mol. The van der Waals surface area contributed by atoms with Crippen LogP contribution in [0.25, 0.3) is 10.2 Å². The fourth-order valence-electron chi connectivity index (χ4n) is 2.28. The minimum atomic E-state index is -0.243. The van der Waals surface area contributed by atoms with Crippen LogP contribution in [0.1, 0.15) is 20.3 Å². The molecule has 1 atom stereocenters. The van der Waals surface area contributed by atoms with Gasteiger partial charge in [0.05, 0.1) is 16.1 Å². The fraction of sp³-hybridized carbons (Fsp3) is 0.467. The fourth-order valence-corrected chi connectivity index (χ4v) is 3.29. The van der Waals surface area contributed by atoms with Crippen LogP contribution in [0.3, 0.4) is 0 Å². The van der Waals surface area contributed by atoms with Gasteiger partial charge >= 0.3 is 0 Å². The number of anilines is 1. The largest absolute Gasteiger partial charge is 0.353 e. The van der Waals surface area contributed by atoms with Crippen LogP contribution in [0, 0.1) is 11.7 Å². The van der Waals surface area contributed by atoms with Gasteiger partial charge in [-0.1, -0.05) is 18.3 Å². The van der Waals surface area contributed by atoms with Gasteiger partial charge in [-0.3, -0.25) is 4.79 Å². The van der Waals surface area contributed by atoms with E-state index in [4.69, 9.17) is 0 Å². The number of rotatable bonds is 4. The number of fused-ring (bicyclic) bond motifs is 1. The summed E-state index contributed by atoms with van der Waals surface area (Å²) >= 11 is 1.47. The van der Waals surface area contributed by atoms with E-state index in [1.807, 2.05) is 6.92 Å². The molecule has 1 fully saturated rings. The lowest BCUT2D eigenvalue weighted by atomic mass is 9.99. The predicted molar refractivity (Wildman–Crippen MR) is 83.2 cm³/mol. The molecule has 21 heavy (non-hydrogen) atoms. The quantitative estimate of drug-likeness (QED) is 0.944. The smallest absolute Gasteiger partial charge is 0.226 e. The maximum atomic E-state index is 13.2. The van der Waals surface area contributed by atoms with Gasteiger partial charge in [-0.2, -0.15) is 0 Å². The molecule has 1 aliphatic heterocycles. The van der Waals surface area contributed by atoms with Crippen LogP contribution in [-0.2, 0) is 4.79 Å². The number of hydrogen-bond donors (Lipinski definition) is 1. The summed E-state index contributed by atoms with van der Waals surface area (Å²) in [6, 6.07) is 4.84. The molecule has 2 heterocycles. The van der Waals surface area contributed by atoms with Crippen molar-refractivity contribution in [3.05, 3.63) is 24.0 Å². The lowest BCUT2D eigenvalue weighted by Gasteiger charge is -2.38. The highest BCUT2D eigenvalue weighted by atomic mass is 32.1. The topological polar surface area (TPSA) is 45.2 Å². The maximum Gasteiger partial charge on any atom is 0.226 e. The second-order valence-corrected chi connectivity index (χ2v) is 6.54. The molecule has 6 heteroatoms. The number of nitrogens with zero attached hydrogens (tertiary/aromatic N) is 2. The zero-order chi connectivity index (χ0) is 15.0. The van der Waals surface area contributed by atoms with E-state index in [1.54, 1.807) is 6.07 Å². The van der Waals surface area contributed by atoms with Crippen molar-refractivity contribution in [2.45, 2.75) is 26.3 Å². The Balaban J connectivity index is 1.63. The molecule has 4 nitrogen and oxygen atoms in total. The molecule has 0 bridgehead atoms. The third-order valence-electron chi connectivity index (χ3n) is 3.86. The predicted octanol–water partition coefficient (Wildman–Crippen LogP) is 2.79. The summed E-state index contributed by atoms with van der Waals surface area (Å²) in [6.07, 6.45) is 0.936. The summed E-state index contributed by atoms with van der Waals surface area (Å²) < 4.78 is 14.0. The maximum absolute atomic E-state index is 13.2. The second kappa shape index (κ2) is 5.60. The van der Waals surface area contributed by atoms with Gasteiger partial charge in [0, 0.05) is 19.1 Å². The average Bonchev–Trinajstić information content (AvgIpc) is 2.79. The number of amides is 1. The lowest BCUT2D eigenvalue weighted by Crippen LogP contribution is -2.54. The van der Waals surface area contributed by atoms with Crippen LogP contribution in [0.4, 0.5) is 9.52 Å². The molecular formula is C15H18FN3OS. The lowest BCUT2D eigenvalue weighted by molar-refractivity contribution is -0.126. The van der Waals surface area contributed by atoms with Crippen LogP contribution in [-0.4, -0.2) is 30.0 Å². The molecular weight excluding hydrogens is 289 g/mol. The minimum absolute atomic E-state index is 0.0303. The highest BCUT2D eigenvalue weighted by molar-refractivity contribution is 7.22. The van der Waals surface area contributed by atoms with Crippen molar-refractivity contribution >= 4 is 32.6 Å². The first-order valence-corrected chi connectivity index (χ1v) is 8.00. The van der Waals surface area contributed by atoms with Crippen LogP contribution >= 0.6 is 11.3 Å². The van der Waals surface area contributed by atoms with Gasteiger partial charge in [-0.15, -0.1) is 0 Å². The summed E-state index contributed by atoms with van der Waals surface area (Å²) in [4.78, 5) is 18.5. The van der Waals surface area contributed by atoms with Gasteiger partial charge in [0.1, 0.15) is 5.82 Å². The number of carbonyl (C=O) groups excluding carboxylic acids is 1. The molecule has 2 aromatic rings. The van der Waals surface area contributed by atoms with E-state index >= 15 is 0 Å². The number of hydrogen-bond acceptors (Lipinski definition) is 4. The molecule has 0 aliphatic carbocycles. The second-order valence-electron chi connectivity index (χ2n) is 5.53. The molecule has 1 aliphatic rings. The summed E-state index contributed by atoms with van der Waals surface area (Å²) in [6.45, 7) is 5.43. The van der Waals surface area contributed by atoms with Crippen LogP contribution in [0.15, 0.2) is 18.2 Å².